The topological polar surface area (TPSA) is 53.1 Å². The standard InChI is InChI=1S/C14H20FN3/c1-10-5-3-2-4-8-18(10)13-7-6-11(15)9-12(13)14(16)17/h6-7,9-10H,2-5,8H2,1H3,(H3,16,17). The highest BCUT2D eigenvalue weighted by molar-refractivity contribution is 6.00. The van der Waals surface area contributed by atoms with E-state index in [0.29, 0.717) is 11.6 Å². The largest absolute Gasteiger partial charge is 0.384 e. The number of nitrogens with one attached hydrogen (secondary N) is 1. The molecule has 3 nitrogen and oxygen atoms in total. The molecule has 0 saturated carbocycles. The highest BCUT2D eigenvalue weighted by Gasteiger charge is 2.20. The summed E-state index contributed by atoms with van der Waals surface area (Å²) in [5.41, 5.74) is 6.96. The van der Waals surface area contributed by atoms with Gasteiger partial charge in [-0.05, 0) is 38.0 Å². The first-order valence-corrected chi connectivity index (χ1v) is 6.50. The Morgan fingerprint density at radius 3 is 2.89 bits per heavy atom. The minimum atomic E-state index is -0.341. The molecule has 1 atom stereocenters. The number of halogens is 1. The fraction of sp³-hybridized carbons (Fsp3) is 0.500. The Kier molecular flexibility index (Phi) is 3.84. The van der Waals surface area contributed by atoms with Gasteiger partial charge in [-0.3, -0.25) is 5.41 Å². The number of hydrogen-bond acceptors (Lipinski definition) is 2. The monoisotopic (exact) mass is 249 g/mol. The number of nitrogens with zero attached hydrogens (tertiary/aromatic N) is 1. The maximum atomic E-state index is 13.3. The van der Waals surface area contributed by atoms with Gasteiger partial charge in [0.1, 0.15) is 11.7 Å². The second kappa shape index (κ2) is 5.38. The van der Waals surface area contributed by atoms with Gasteiger partial charge < -0.3 is 10.6 Å². The molecule has 1 heterocycles. The number of benzene rings is 1. The number of nitrogens with two attached hydrogens (primary N) is 1. The van der Waals surface area contributed by atoms with Gasteiger partial charge in [0.05, 0.1) is 0 Å². The molecule has 1 aromatic rings. The van der Waals surface area contributed by atoms with Crippen LogP contribution in [0.4, 0.5) is 10.1 Å². The lowest BCUT2D eigenvalue weighted by Crippen LogP contribution is -2.34. The van der Waals surface area contributed by atoms with E-state index >= 15 is 0 Å². The van der Waals surface area contributed by atoms with E-state index in [9.17, 15) is 4.39 Å². The van der Waals surface area contributed by atoms with Crippen LogP contribution in [0.3, 0.4) is 0 Å². The van der Waals surface area contributed by atoms with Crippen LogP contribution in [0, 0.1) is 11.2 Å². The molecular formula is C14H20FN3. The van der Waals surface area contributed by atoms with Crippen molar-refractivity contribution in [3.63, 3.8) is 0 Å². The molecule has 1 aliphatic heterocycles. The number of amidine groups is 1. The molecule has 1 aromatic carbocycles. The van der Waals surface area contributed by atoms with E-state index in [1.807, 2.05) is 0 Å². The molecule has 0 aromatic heterocycles. The summed E-state index contributed by atoms with van der Waals surface area (Å²) in [7, 11) is 0. The summed E-state index contributed by atoms with van der Waals surface area (Å²) in [6, 6.07) is 4.96. The van der Waals surface area contributed by atoms with Gasteiger partial charge in [0.15, 0.2) is 0 Å². The lowest BCUT2D eigenvalue weighted by molar-refractivity contribution is 0.610. The first-order valence-electron chi connectivity index (χ1n) is 6.50. The molecule has 98 valence electrons. The van der Waals surface area contributed by atoms with E-state index in [4.69, 9.17) is 11.1 Å². The lowest BCUT2D eigenvalue weighted by atomic mass is 10.1. The molecule has 1 saturated heterocycles. The Bertz CT molecular complexity index is 445. The van der Waals surface area contributed by atoms with E-state index in [0.717, 1.165) is 25.1 Å². The summed E-state index contributed by atoms with van der Waals surface area (Å²) in [4.78, 5) is 2.25. The van der Waals surface area contributed by atoms with Gasteiger partial charge >= 0.3 is 0 Å². The fourth-order valence-corrected chi connectivity index (χ4v) is 2.61. The third-order valence-corrected chi connectivity index (χ3v) is 3.61. The van der Waals surface area contributed by atoms with Gasteiger partial charge in [0, 0.05) is 23.8 Å². The molecule has 1 fully saturated rings. The molecule has 4 heteroatoms. The summed E-state index contributed by atoms with van der Waals surface area (Å²) in [5.74, 6) is -0.410. The number of hydrogen-bond donors (Lipinski definition) is 2. The second-order valence-electron chi connectivity index (χ2n) is 4.97. The molecule has 0 spiro atoms. The van der Waals surface area contributed by atoms with Crippen LogP contribution in [-0.2, 0) is 0 Å². The maximum Gasteiger partial charge on any atom is 0.125 e. The van der Waals surface area contributed by atoms with Gasteiger partial charge in [-0.1, -0.05) is 12.8 Å². The highest BCUT2D eigenvalue weighted by atomic mass is 19.1. The molecular weight excluding hydrogens is 229 g/mol. The molecule has 1 unspecified atom stereocenters. The van der Waals surface area contributed by atoms with Crippen LogP contribution in [0.2, 0.25) is 0 Å². The van der Waals surface area contributed by atoms with Crippen molar-refractivity contribution in [3.05, 3.63) is 29.6 Å². The number of anilines is 1. The van der Waals surface area contributed by atoms with E-state index < -0.39 is 0 Å². The SMILES string of the molecule is CC1CCCCCN1c1ccc(F)cc1C(=N)N. The van der Waals surface area contributed by atoms with Gasteiger partial charge in [-0.2, -0.15) is 0 Å². The smallest absolute Gasteiger partial charge is 0.125 e. The average Bonchev–Trinajstić information content (AvgIpc) is 2.54. The predicted molar refractivity (Wildman–Crippen MR) is 72.7 cm³/mol. The van der Waals surface area contributed by atoms with Crippen LogP contribution in [0.5, 0.6) is 0 Å². The molecule has 0 aliphatic carbocycles. The van der Waals surface area contributed by atoms with Crippen LogP contribution in [0.1, 0.15) is 38.2 Å². The van der Waals surface area contributed by atoms with Crippen molar-refractivity contribution in [2.75, 3.05) is 11.4 Å². The van der Waals surface area contributed by atoms with Crippen LogP contribution in [0.25, 0.3) is 0 Å². The molecule has 18 heavy (non-hydrogen) atoms. The minimum Gasteiger partial charge on any atom is -0.384 e. The lowest BCUT2D eigenvalue weighted by Gasteiger charge is -2.31. The van der Waals surface area contributed by atoms with Crippen molar-refractivity contribution >= 4 is 11.5 Å². The zero-order chi connectivity index (χ0) is 13.1. The second-order valence-corrected chi connectivity index (χ2v) is 4.97. The molecule has 1 aliphatic rings. The van der Waals surface area contributed by atoms with Crippen LogP contribution < -0.4 is 10.6 Å². The molecule has 0 radical (unpaired) electrons. The fourth-order valence-electron chi connectivity index (χ4n) is 2.61. The Labute approximate surface area is 107 Å². The summed E-state index contributed by atoms with van der Waals surface area (Å²) >= 11 is 0. The average molecular weight is 249 g/mol. The summed E-state index contributed by atoms with van der Waals surface area (Å²) in [5, 5.41) is 7.60. The summed E-state index contributed by atoms with van der Waals surface area (Å²) < 4.78 is 13.3. The van der Waals surface area contributed by atoms with Gasteiger partial charge in [-0.15, -0.1) is 0 Å². The van der Waals surface area contributed by atoms with Gasteiger partial charge in [0.25, 0.3) is 0 Å². The Balaban J connectivity index is 2.39. The Hall–Kier alpha value is -1.58. The van der Waals surface area contributed by atoms with Crippen LogP contribution >= 0.6 is 0 Å². The molecule has 0 bridgehead atoms. The highest BCUT2D eigenvalue weighted by Crippen LogP contribution is 2.27. The first kappa shape index (κ1) is 12.9. The molecule has 3 N–H and O–H groups in total. The number of rotatable bonds is 2. The predicted octanol–water partition coefficient (Wildman–Crippen LogP) is 2.88. The summed E-state index contributed by atoms with van der Waals surface area (Å²) in [6.07, 6.45) is 4.74. The number of nitrogen functional groups attached to an aromatic ring is 1. The van der Waals surface area contributed by atoms with Crippen LogP contribution in [-0.4, -0.2) is 18.4 Å². The van der Waals surface area contributed by atoms with Gasteiger partial charge in [0.2, 0.25) is 0 Å². The van der Waals surface area contributed by atoms with Gasteiger partial charge in [-0.25, -0.2) is 4.39 Å². The van der Waals surface area contributed by atoms with E-state index in [2.05, 4.69) is 11.8 Å². The van der Waals surface area contributed by atoms with E-state index in [1.165, 1.54) is 25.0 Å². The third-order valence-electron chi connectivity index (χ3n) is 3.61. The Morgan fingerprint density at radius 1 is 1.39 bits per heavy atom. The Morgan fingerprint density at radius 2 is 2.17 bits per heavy atom. The normalized spacial score (nSPS) is 20.6. The van der Waals surface area contributed by atoms with Crippen LogP contribution in [0.15, 0.2) is 18.2 Å². The quantitative estimate of drug-likeness (QED) is 0.625. The zero-order valence-corrected chi connectivity index (χ0v) is 10.7. The summed E-state index contributed by atoms with van der Waals surface area (Å²) in [6.45, 7) is 3.13. The molecule has 2 rings (SSSR count). The van der Waals surface area contributed by atoms with Crippen molar-refractivity contribution < 1.29 is 4.39 Å². The maximum absolute atomic E-state index is 13.3. The van der Waals surface area contributed by atoms with E-state index in [1.54, 1.807) is 6.07 Å². The van der Waals surface area contributed by atoms with Crippen molar-refractivity contribution in [2.45, 2.75) is 38.6 Å². The minimum absolute atomic E-state index is 0.0686. The first-order chi connectivity index (χ1) is 8.59. The van der Waals surface area contributed by atoms with Crippen molar-refractivity contribution in [1.29, 1.82) is 5.41 Å². The van der Waals surface area contributed by atoms with E-state index in [-0.39, 0.29) is 11.7 Å². The van der Waals surface area contributed by atoms with Crippen molar-refractivity contribution in [1.82, 2.24) is 0 Å². The molecule has 0 amide bonds. The van der Waals surface area contributed by atoms with Crippen molar-refractivity contribution in [3.8, 4) is 0 Å². The third kappa shape index (κ3) is 2.63. The van der Waals surface area contributed by atoms with Crippen molar-refractivity contribution in [2.24, 2.45) is 5.73 Å². The zero-order valence-electron chi connectivity index (χ0n) is 10.7.